The normalized spacial score (nSPS) is 15.3. The summed E-state index contributed by atoms with van der Waals surface area (Å²) in [6, 6.07) is 6.84. The van der Waals surface area contributed by atoms with E-state index in [0.29, 0.717) is 38.4 Å². The smallest absolute Gasteiger partial charge is 0.318 e. The van der Waals surface area contributed by atoms with Crippen LogP contribution in [0.4, 0.5) is 4.79 Å². The van der Waals surface area contributed by atoms with E-state index in [4.69, 9.17) is 4.74 Å². The predicted molar refractivity (Wildman–Crippen MR) is 123 cm³/mol. The Labute approximate surface area is 189 Å². The fraction of sp³-hybridized carbons (Fsp3) is 0.591. The molecule has 0 unspecified atom stereocenters. The van der Waals surface area contributed by atoms with Crippen molar-refractivity contribution in [2.24, 2.45) is 0 Å². The first kappa shape index (κ1) is 25.0. The Balaban J connectivity index is 1.93. The molecule has 0 aliphatic carbocycles. The van der Waals surface area contributed by atoms with Crippen molar-refractivity contribution in [3.63, 3.8) is 0 Å². The minimum atomic E-state index is -0.597. The molecule has 1 atom stereocenters. The minimum absolute atomic E-state index is 0.0223. The third-order valence-electron chi connectivity index (χ3n) is 5.31. The van der Waals surface area contributed by atoms with Crippen molar-refractivity contribution in [1.82, 2.24) is 20.0 Å². The van der Waals surface area contributed by atoms with Gasteiger partial charge in [0.25, 0.3) is 0 Å². The summed E-state index contributed by atoms with van der Waals surface area (Å²) in [6.45, 7) is 7.19. The number of hydrogen-bond donors (Lipinski definition) is 1. The van der Waals surface area contributed by atoms with Gasteiger partial charge in [-0.25, -0.2) is 4.79 Å². The number of nitrogens with one attached hydrogen (secondary N) is 1. The molecule has 2 rings (SSSR count). The van der Waals surface area contributed by atoms with Crippen LogP contribution in [0.2, 0.25) is 0 Å². The molecule has 31 heavy (non-hydrogen) atoms. The van der Waals surface area contributed by atoms with Gasteiger partial charge in [0, 0.05) is 51.9 Å². The maximum atomic E-state index is 12.9. The van der Waals surface area contributed by atoms with Gasteiger partial charge < -0.3 is 24.8 Å². The molecule has 1 aromatic carbocycles. The number of amides is 3. The molecule has 9 heteroatoms. The van der Waals surface area contributed by atoms with Gasteiger partial charge in [0.05, 0.1) is 7.11 Å². The van der Waals surface area contributed by atoms with E-state index in [2.05, 4.69) is 10.2 Å². The first-order valence-corrected chi connectivity index (χ1v) is 11.6. The Bertz CT molecular complexity index is 736. The standard InChI is InChI=1S/C22H34N4O4S/c1-17(21(28)25-13-11-24(3)12-14-25)23-22(29)26(15-16-31-18(2)27)10-9-19-5-7-20(30-4)8-6-19/h5-8,17H,9-16H2,1-4H3,(H,23,29)/t17-/m0/s1. The molecule has 1 N–H and O–H groups in total. The molecule has 1 fully saturated rings. The fourth-order valence-corrected chi connectivity index (χ4v) is 3.91. The van der Waals surface area contributed by atoms with Crippen LogP contribution in [0.25, 0.3) is 0 Å². The van der Waals surface area contributed by atoms with Crippen molar-refractivity contribution < 1.29 is 19.1 Å². The molecule has 0 bridgehead atoms. The summed E-state index contributed by atoms with van der Waals surface area (Å²) in [5.41, 5.74) is 1.08. The van der Waals surface area contributed by atoms with Gasteiger partial charge in [0.15, 0.2) is 5.12 Å². The number of nitrogens with zero attached hydrogens (tertiary/aromatic N) is 3. The molecule has 0 aromatic heterocycles. The van der Waals surface area contributed by atoms with Crippen molar-refractivity contribution in [2.45, 2.75) is 26.3 Å². The van der Waals surface area contributed by atoms with Crippen LogP contribution in [0, 0.1) is 0 Å². The molecule has 1 aliphatic heterocycles. The fourth-order valence-electron chi connectivity index (χ4n) is 3.31. The molecule has 172 valence electrons. The Morgan fingerprint density at radius 3 is 2.35 bits per heavy atom. The lowest BCUT2D eigenvalue weighted by Crippen LogP contribution is -2.55. The van der Waals surface area contributed by atoms with E-state index in [1.54, 1.807) is 23.8 Å². The highest BCUT2D eigenvalue weighted by Crippen LogP contribution is 2.13. The van der Waals surface area contributed by atoms with Gasteiger partial charge in [-0.2, -0.15) is 0 Å². The first-order valence-electron chi connectivity index (χ1n) is 10.6. The van der Waals surface area contributed by atoms with Crippen LogP contribution in [0.1, 0.15) is 19.4 Å². The number of urea groups is 1. The molecule has 1 aromatic rings. The van der Waals surface area contributed by atoms with Crippen LogP contribution in [0.5, 0.6) is 5.75 Å². The van der Waals surface area contributed by atoms with Crippen LogP contribution >= 0.6 is 11.8 Å². The van der Waals surface area contributed by atoms with Gasteiger partial charge in [0.2, 0.25) is 5.91 Å². The topological polar surface area (TPSA) is 82.2 Å². The summed E-state index contributed by atoms with van der Waals surface area (Å²) in [7, 11) is 3.66. The third-order valence-corrected chi connectivity index (χ3v) is 6.10. The van der Waals surface area contributed by atoms with Crippen LogP contribution in [-0.2, 0) is 16.0 Å². The van der Waals surface area contributed by atoms with E-state index in [1.807, 2.05) is 31.3 Å². The van der Waals surface area contributed by atoms with E-state index in [1.165, 1.54) is 18.7 Å². The Morgan fingerprint density at radius 1 is 1.13 bits per heavy atom. The van der Waals surface area contributed by atoms with Gasteiger partial charge in [-0.15, -0.1) is 0 Å². The number of carbonyl (C=O) groups is 3. The predicted octanol–water partition coefficient (Wildman–Crippen LogP) is 1.69. The van der Waals surface area contributed by atoms with Crippen molar-refractivity contribution >= 4 is 28.8 Å². The number of hydrogen-bond acceptors (Lipinski definition) is 6. The summed E-state index contributed by atoms with van der Waals surface area (Å²) >= 11 is 1.19. The number of rotatable bonds is 9. The zero-order valence-electron chi connectivity index (χ0n) is 18.9. The van der Waals surface area contributed by atoms with Gasteiger partial charge in [0.1, 0.15) is 11.8 Å². The van der Waals surface area contributed by atoms with Gasteiger partial charge in [-0.3, -0.25) is 9.59 Å². The lowest BCUT2D eigenvalue weighted by atomic mass is 10.1. The lowest BCUT2D eigenvalue weighted by Gasteiger charge is -2.34. The van der Waals surface area contributed by atoms with E-state index in [-0.39, 0.29) is 17.1 Å². The lowest BCUT2D eigenvalue weighted by molar-refractivity contribution is -0.134. The highest BCUT2D eigenvalue weighted by atomic mass is 32.2. The van der Waals surface area contributed by atoms with Crippen molar-refractivity contribution in [3.8, 4) is 5.75 Å². The number of ether oxygens (including phenoxy) is 1. The molecule has 1 heterocycles. The molecule has 3 amide bonds. The SMILES string of the molecule is COc1ccc(CCN(CCSC(C)=O)C(=O)N[C@@H](C)C(=O)N2CCN(C)CC2)cc1. The highest BCUT2D eigenvalue weighted by molar-refractivity contribution is 8.13. The second-order valence-electron chi connectivity index (χ2n) is 7.72. The van der Waals surface area contributed by atoms with E-state index < -0.39 is 6.04 Å². The van der Waals surface area contributed by atoms with Gasteiger partial charge in [-0.05, 0) is 38.1 Å². The summed E-state index contributed by atoms with van der Waals surface area (Å²) < 4.78 is 5.18. The van der Waals surface area contributed by atoms with E-state index in [9.17, 15) is 14.4 Å². The maximum absolute atomic E-state index is 12.9. The zero-order valence-corrected chi connectivity index (χ0v) is 19.7. The maximum Gasteiger partial charge on any atom is 0.318 e. The molecule has 1 saturated heterocycles. The van der Waals surface area contributed by atoms with Gasteiger partial charge >= 0.3 is 6.03 Å². The molecule has 1 aliphatic rings. The number of benzene rings is 1. The number of thioether (sulfide) groups is 1. The Hall–Kier alpha value is -2.26. The molecule has 0 saturated carbocycles. The third kappa shape index (κ3) is 8.41. The average molecular weight is 451 g/mol. The number of likely N-dealkylation sites (N-methyl/N-ethyl adjacent to an activating group) is 1. The van der Waals surface area contributed by atoms with Gasteiger partial charge in [-0.1, -0.05) is 23.9 Å². The zero-order chi connectivity index (χ0) is 22.8. The first-order chi connectivity index (χ1) is 14.8. The number of methoxy groups -OCH3 is 1. The minimum Gasteiger partial charge on any atom is -0.497 e. The van der Waals surface area contributed by atoms with Crippen molar-refractivity contribution in [3.05, 3.63) is 29.8 Å². The quantitative estimate of drug-likeness (QED) is 0.617. The Morgan fingerprint density at radius 2 is 1.77 bits per heavy atom. The van der Waals surface area contributed by atoms with Crippen LogP contribution in [-0.4, -0.2) is 97.0 Å². The van der Waals surface area contributed by atoms with E-state index >= 15 is 0 Å². The highest BCUT2D eigenvalue weighted by Gasteiger charge is 2.26. The second-order valence-corrected chi connectivity index (χ2v) is 9.00. The average Bonchev–Trinajstić information content (AvgIpc) is 2.76. The molecular weight excluding hydrogens is 416 g/mol. The Kier molecular flexibility index (Phi) is 10.1. The summed E-state index contributed by atoms with van der Waals surface area (Å²) in [6.07, 6.45) is 0.670. The summed E-state index contributed by atoms with van der Waals surface area (Å²) in [5, 5.41) is 2.87. The van der Waals surface area contributed by atoms with Crippen molar-refractivity contribution in [2.75, 3.05) is 59.2 Å². The number of piperazine rings is 1. The molecule has 8 nitrogen and oxygen atoms in total. The molecular formula is C22H34N4O4S. The molecule has 0 radical (unpaired) electrons. The van der Waals surface area contributed by atoms with Crippen LogP contribution in [0.15, 0.2) is 24.3 Å². The van der Waals surface area contributed by atoms with E-state index in [0.717, 1.165) is 24.4 Å². The van der Waals surface area contributed by atoms with Crippen molar-refractivity contribution in [1.29, 1.82) is 0 Å². The van der Waals surface area contributed by atoms with Crippen LogP contribution < -0.4 is 10.1 Å². The monoisotopic (exact) mass is 450 g/mol. The van der Waals surface area contributed by atoms with Crippen LogP contribution in [0.3, 0.4) is 0 Å². The molecule has 0 spiro atoms. The second kappa shape index (κ2) is 12.6. The largest absolute Gasteiger partial charge is 0.497 e. The summed E-state index contributed by atoms with van der Waals surface area (Å²) in [4.78, 5) is 42.6. The number of carbonyl (C=O) groups excluding carboxylic acids is 3. The summed E-state index contributed by atoms with van der Waals surface area (Å²) in [5.74, 6) is 1.24.